The standard InChI is InChI=1S/C13H20ClNO/c1-3-7-16-13-11(5-4-6-15)8-10(2)9-12(13)14/h8-9H,3-7,15H2,1-2H3. The summed E-state index contributed by atoms with van der Waals surface area (Å²) in [6, 6.07) is 4.07. The minimum absolute atomic E-state index is 0.693. The van der Waals surface area contributed by atoms with Gasteiger partial charge in [0.25, 0.3) is 0 Å². The van der Waals surface area contributed by atoms with Gasteiger partial charge in [-0.1, -0.05) is 24.6 Å². The Morgan fingerprint density at radius 2 is 2.12 bits per heavy atom. The van der Waals surface area contributed by atoms with E-state index >= 15 is 0 Å². The molecular formula is C13H20ClNO. The second-order valence-electron chi connectivity index (χ2n) is 3.98. The van der Waals surface area contributed by atoms with Crippen LogP contribution in [0.5, 0.6) is 5.75 Å². The lowest BCUT2D eigenvalue weighted by Crippen LogP contribution is -2.04. The van der Waals surface area contributed by atoms with E-state index in [-0.39, 0.29) is 0 Å². The van der Waals surface area contributed by atoms with Crippen LogP contribution in [0.1, 0.15) is 30.9 Å². The van der Waals surface area contributed by atoms with E-state index in [1.807, 2.05) is 13.0 Å². The Labute approximate surface area is 103 Å². The number of hydrogen-bond acceptors (Lipinski definition) is 2. The van der Waals surface area contributed by atoms with Crippen LogP contribution in [0.15, 0.2) is 12.1 Å². The van der Waals surface area contributed by atoms with E-state index in [0.717, 1.165) is 25.0 Å². The molecule has 0 fully saturated rings. The quantitative estimate of drug-likeness (QED) is 0.829. The molecular weight excluding hydrogens is 222 g/mol. The van der Waals surface area contributed by atoms with Gasteiger partial charge in [-0.05, 0) is 49.9 Å². The van der Waals surface area contributed by atoms with E-state index in [2.05, 4.69) is 13.0 Å². The lowest BCUT2D eigenvalue weighted by molar-refractivity contribution is 0.314. The highest BCUT2D eigenvalue weighted by atomic mass is 35.5. The van der Waals surface area contributed by atoms with Crippen LogP contribution < -0.4 is 10.5 Å². The largest absolute Gasteiger partial charge is 0.492 e. The Balaban J connectivity index is 2.91. The highest BCUT2D eigenvalue weighted by Crippen LogP contribution is 2.31. The van der Waals surface area contributed by atoms with E-state index in [1.165, 1.54) is 11.1 Å². The van der Waals surface area contributed by atoms with Gasteiger partial charge in [-0.15, -0.1) is 0 Å². The van der Waals surface area contributed by atoms with Crippen molar-refractivity contribution in [3.05, 3.63) is 28.3 Å². The molecule has 2 N–H and O–H groups in total. The molecule has 0 spiro atoms. The Morgan fingerprint density at radius 1 is 1.38 bits per heavy atom. The first-order valence-electron chi connectivity index (χ1n) is 5.81. The maximum Gasteiger partial charge on any atom is 0.141 e. The number of aryl methyl sites for hydroxylation is 2. The maximum atomic E-state index is 6.19. The molecule has 0 amide bonds. The highest BCUT2D eigenvalue weighted by Gasteiger charge is 2.09. The van der Waals surface area contributed by atoms with Gasteiger partial charge in [0.05, 0.1) is 11.6 Å². The van der Waals surface area contributed by atoms with Crippen molar-refractivity contribution in [2.75, 3.05) is 13.2 Å². The second kappa shape index (κ2) is 6.77. The number of halogens is 1. The lowest BCUT2D eigenvalue weighted by Gasteiger charge is -2.13. The normalized spacial score (nSPS) is 10.5. The Hall–Kier alpha value is -0.730. The molecule has 0 atom stereocenters. The predicted octanol–water partition coefficient (Wildman–Crippen LogP) is 3.33. The van der Waals surface area contributed by atoms with E-state index in [4.69, 9.17) is 22.1 Å². The molecule has 1 aromatic carbocycles. The van der Waals surface area contributed by atoms with Gasteiger partial charge < -0.3 is 10.5 Å². The number of ether oxygens (including phenoxy) is 1. The molecule has 0 aliphatic heterocycles. The fraction of sp³-hybridized carbons (Fsp3) is 0.538. The third kappa shape index (κ3) is 3.69. The minimum atomic E-state index is 0.693. The van der Waals surface area contributed by atoms with Crippen LogP contribution in [0.3, 0.4) is 0 Å². The Morgan fingerprint density at radius 3 is 2.75 bits per heavy atom. The third-order valence-electron chi connectivity index (χ3n) is 2.37. The van der Waals surface area contributed by atoms with Crippen LogP contribution in [0, 0.1) is 6.92 Å². The van der Waals surface area contributed by atoms with Crippen LogP contribution in [0.2, 0.25) is 5.02 Å². The van der Waals surface area contributed by atoms with Gasteiger partial charge in [0, 0.05) is 0 Å². The van der Waals surface area contributed by atoms with Gasteiger partial charge in [-0.25, -0.2) is 0 Å². The maximum absolute atomic E-state index is 6.19. The van der Waals surface area contributed by atoms with Gasteiger partial charge >= 0.3 is 0 Å². The first-order chi connectivity index (χ1) is 7.69. The molecule has 1 aromatic rings. The summed E-state index contributed by atoms with van der Waals surface area (Å²) in [5.74, 6) is 0.836. The summed E-state index contributed by atoms with van der Waals surface area (Å²) in [5.41, 5.74) is 7.87. The summed E-state index contributed by atoms with van der Waals surface area (Å²) < 4.78 is 5.70. The zero-order valence-electron chi connectivity index (χ0n) is 10.1. The summed E-state index contributed by atoms with van der Waals surface area (Å²) >= 11 is 6.19. The lowest BCUT2D eigenvalue weighted by atomic mass is 10.1. The molecule has 0 heterocycles. The summed E-state index contributed by atoms with van der Waals surface area (Å²) in [5, 5.41) is 0.709. The van der Waals surface area contributed by atoms with Crippen LogP contribution in [-0.4, -0.2) is 13.2 Å². The topological polar surface area (TPSA) is 35.2 Å². The second-order valence-corrected chi connectivity index (χ2v) is 4.38. The van der Waals surface area contributed by atoms with Crippen molar-refractivity contribution in [3.63, 3.8) is 0 Å². The fourth-order valence-electron chi connectivity index (χ4n) is 1.64. The van der Waals surface area contributed by atoms with Gasteiger partial charge in [-0.2, -0.15) is 0 Å². The first kappa shape index (κ1) is 13.3. The predicted molar refractivity (Wildman–Crippen MR) is 69.4 cm³/mol. The zero-order chi connectivity index (χ0) is 12.0. The number of nitrogens with two attached hydrogens (primary N) is 1. The average Bonchev–Trinajstić information content (AvgIpc) is 2.24. The molecule has 0 saturated heterocycles. The summed E-state index contributed by atoms with van der Waals surface area (Å²) in [7, 11) is 0. The highest BCUT2D eigenvalue weighted by molar-refractivity contribution is 6.32. The van der Waals surface area contributed by atoms with Crippen molar-refractivity contribution in [2.45, 2.75) is 33.1 Å². The van der Waals surface area contributed by atoms with E-state index in [9.17, 15) is 0 Å². The van der Waals surface area contributed by atoms with Gasteiger partial charge in [0.2, 0.25) is 0 Å². The molecule has 16 heavy (non-hydrogen) atoms. The molecule has 0 saturated carbocycles. The molecule has 0 aliphatic carbocycles. The number of hydrogen-bond donors (Lipinski definition) is 1. The molecule has 90 valence electrons. The van der Waals surface area contributed by atoms with E-state index in [1.54, 1.807) is 0 Å². The molecule has 0 radical (unpaired) electrons. The minimum Gasteiger partial charge on any atom is -0.492 e. The molecule has 3 heteroatoms. The van der Waals surface area contributed by atoms with Crippen molar-refractivity contribution >= 4 is 11.6 Å². The van der Waals surface area contributed by atoms with Crippen LogP contribution in [0.25, 0.3) is 0 Å². The Bertz CT molecular complexity index is 339. The first-order valence-corrected chi connectivity index (χ1v) is 6.18. The van der Waals surface area contributed by atoms with Gasteiger partial charge in [-0.3, -0.25) is 0 Å². The molecule has 0 bridgehead atoms. The average molecular weight is 242 g/mol. The van der Waals surface area contributed by atoms with Crippen LogP contribution in [-0.2, 0) is 6.42 Å². The molecule has 0 unspecified atom stereocenters. The zero-order valence-corrected chi connectivity index (χ0v) is 10.8. The molecule has 2 nitrogen and oxygen atoms in total. The number of rotatable bonds is 6. The van der Waals surface area contributed by atoms with Crippen molar-refractivity contribution in [2.24, 2.45) is 5.73 Å². The Kier molecular flexibility index (Phi) is 5.64. The molecule has 0 aromatic heterocycles. The molecule has 1 rings (SSSR count). The molecule has 0 aliphatic rings. The van der Waals surface area contributed by atoms with Crippen LogP contribution >= 0.6 is 11.6 Å². The summed E-state index contributed by atoms with van der Waals surface area (Å²) in [4.78, 5) is 0. The van der Waals surface area contributed by atoms with Crippen molar-refractivity contribution in [1.29, 1.82) is 0 Å². The van der Waals surface area contributed by atoms with Crippen molar-refractivity contribution in [3.8, 4) is 5.75 Å². The van der Waals surface area contributed by atoms with Crippen LogP contribution in [0.4, 0.5) is 0 Å². The van der Waals surface area contributed by atoms with Crippen molar-refractivity contribution < 1.29 is 4.74 Å². The van der Waals surface area contributed by atoms with Crippen molar-refractivity contribution in [1.82, 2.24) is 0 Å². The summed E-state index contributed by atoms with van der Waals surface area (Å²) in [6.07, 6.45) is 2.87. The van der Waals surface area contributed by atoms with Gasteiger partial charge in [0.15, 0.2) is 0 Å². The number of benzene rings is 1. The smallest absolute Gasteiger partial charge is 0.141 e. The van der Waals surface area contributed by atoms with E-state index in [0.29, 0.717) is 18.2 Å². The van der Waals surface area contributed by atoms with Gasteiger partial charge in [0.1, 0.15) is 5.75 Å². The fourth-order valence-corrected chi connectivity index (χ4v) is 1.99. The monoisotopic (exact) mass is 241 g/mol. The summed E-state index contributed by atoms with van der Waals surface area (Å²) in [6.45, 7) is 5.53. The SMILES string of the molecule is CCCOc1c(Cl)cc(C)cc1CCCN. The third-order valence-corrected chi connectivity index (χ3v) is 2.65. The van der Waals surface area contributed by atoms with E-state index < -0.39 is 0 Å².